The minimum Gasteiger partial charge on any atom is -0.342 e. The average molecular weight is 372 g/mol. The summed E-state index contributed by atoms with van der Waals surface area (Å²) in [7, 11) is 0. The molecule has 2 amide bonds. The predicted molar refractivity (Wildman–Crippen MR) is 100 cm³/mol. The van der Waals surface area contributed by atoms with Gasteiger partial charge in [-0.15, -0.1) is 0 Å². The Morgan fingerprint density at radius 3 is 2.63 bits per heavy atom. The maximum atomic E-state index is 12.7. The zero-order chi connectivity index (χ0) is 19.1. The van der Waals surface area contributed by atoms with Gasteiger partial charge >= 0.3 is 0 Å². The lowest BCUT2D eigenvalue weighted by atomic mass is 9.95. The van der Waals surface area contributed by atoms with Crippen molar-refractivity contribution in [3.05, 3.63) is 27.4 Å². The Hall–Kier alpha value is -2.18. The molecule has 1 unspecified atom stereocenters. The van der Waals surface area contributed by atoms with E-state index in [1.807, 2.05) is 18.7 Å². The topological polar surface area (TPSA) is 86.4 Å². The van der Waals surface area contributed by atoms with Crippen LogP contribution in [0.5, 0.6) is 0 Å². The fourth-order valence-electron chi connectivity index (χ4n) is 4.18. The summed E-state index contributed by atoms with van der Waals surface area (Å²) in [6.45, 7) is 6.24. The van der Waals surface area contributed by atoms with Crippen LogP contribution in [0.25, 0.3) is 0 Å². The summed E-state index contributed by atoms with van der Waals surface area (Å²) in [4.78, 5) is 48.7. The molecule has 146 valence electrons. The maximum absolute atomic E-state index is 12.7. The number of amides is 2. The summed E-state index contributed by atoms with van der Waals surface area (Å²) in [6, 6.07) is 0. The highest BCUT2D eigenvalue weighted by Crippen LogP contribution is 2.32. The van der Waals surface area contributed by atoms with Crippen molar-refractivity contribution in [3.63, 3.8) is 0 Å². The van der Waals surface area contributed by atoms with Crippen LogP contribution in [-0.4, -0.2) is 51.2 Å². The first-order valence-electron chi connectivity index (χ1n) is 10.1. The number of carbonyl (C=O) groups excluding carboxylic acids is 2. The number of nitrogens with zero attached hydrogens (tertiary/aromatic N) is 3. The zero-order valence-electron chi connectivity index (χ0n) is 16.2. The first-order chi connectivity index (χ1) is 12.9. The summed E-state index contributed by atoms with van der Waals surface area (Å²) in [6.07, 6.45) is 4.43. The Bertz CT molecular complexity index is 812. The van der Waals surface area contributed by atoms with Crippen molar-refractivity contribution in [3.8, 4) is 0 Å². The number of fused-ring (bicyclic) bond motifs is 1. The Balaban J connectivity index is 1.52. The number of H-pyrrole nitrogens is 1. The van der Waals surface area contributed by atoms with Crippen molar-refractivity contribution in [1.29, 1.82) is 0 Å². The fourth-order valence-corrected chi connectivity index (χ4v) is 4.18. The van der Waals surface area contributed by atoms with Crippen molar-refractivity contribution in [1.82, 2.24) is 19.8 Å². The van der Waals surface area contributed by atoms with Crippen LogP contribution in [0.1, 0.15) is 62.5 Å². The molecule has 7 nitrogen and oxygen atoms in total. The number of aromatic amines is 1. The molecule has 3 aliphatic rings. The van der Waals surface area contributed by atoms with Crippen LogP contribution in [0.2, 0.25) is 0 Å². The van der Waals surface area contributed by atoms with Crippen LogP contribution >= 0.6 is 0 Å². The Morgan fingerprint density at radius 1 is 1.15 bits per heavy atom. The maximum Gasteiger partial charge on any atom is 0.256 e. The third-order valence-electron chi connectivity index (χ3n) is 5.94. The molecule has 1 atom stereocenters. The summed E-state index contributed by atoms with van der Waals surface area (Å²) in [5.74, 6) is 1.26. The molecule has 1 saturated heterocycles. The Kier molecular flexibility index (Phi) is 4.78. The standard InChI is InChI=1S/C20H28N4O3/c1-12(2)19(26)23-8-3-4-14(10-23)17-21-16-7-9-24(20(27)13-5-6-13)11-15(16)18(25)22-17/h12-14H,3-11H2,1-2H3,(H,21,22,25). The first kappa shape index (κ1) is 18.2. The van der Waals surface area contributed by atoms with Gasteiger partial charge in [-0.25, -0.2) is 4.98 Å². The molecule has 7 heteroatoms. The fraction of sp³-hybridized carbons (Fsp3) is 0.700. The molecule has 0 bridgehead atoms. The molecule has 2 aliphatic heterocycles. The van der Waals surface area contributed by atoms with Crippen molar-refractivity contribution >= 4 is 11.8 Å². The lowest BCUT2D eigenvalue weighted by Crippen LogP contribution is -2.43. The number of hydrogen-bond donors (Lipinski definition) is 1. The van der Waals surface area contributed by atoms with E-state index in [0.29, 0.717) is 37.4 Å². The number of aromatic nitrogens is 2. The highest BCUT2D eigenvalue weighted by Gasteiger charge is 2.36. The molecule has 1 saturated carbocycles. The Morgan fingerprint density at radius 2 is 1.93 bits per heavy atom. The van der Waals surface area contributed by atoms with E-state index in [1.54, 1.807) is 4.90 Å². The van der Waals surface area contributed by atoms with E-state index < -0.39 is 0 Å². The van der Waals surface area contributed by atoms with Crippen LogP contribution < -0.4 is 5.56 Å². The Labute approximate surface area is 159 Å². The molecule has 3 heterocycles. The van der Waals surface area contributed by atoms with Gasteiger partial charge in [0.1, 0.15) is 5.82 Å². The van der Waals surface area contributed by atoms with Gasteiger partial charge < -0.3 is 14.8 Å². The van der Waals surface area contributed by atoms with E-state index >= 15 is 0 Å². The largest absolute Gasteiger partial charge is 0.342 e. The second kappa shape index (κ2) is 7.09. The second-order valence-electron chi connectivity index (χ2n) is 8.44. The summed E-state index contributed by atoms with van der Waals surface area (Å²) in [5, 5.41) is 0. The minimum absolute atomic E-state index is 0.0192. The monoisotopic (exact) mass is 372 g/mol. The molecule has 1 N–H and O–H groups in total. The van der Waals surface area contributed by atoms with Gasteiger partial charge in [-0.05, 0) is 25.7 Å². The van der Waals surface area contributed by atoms with E-state index in [2.05, 4.69) is 4.98 Å². The zero-order valence-corrected chi connectivity index (χ0v) is 16.2. The number of piperidine rings is 1. The van der Waals surface area contributed by atoms with Crippen molar-refractivity contribution in [2.45, 2.75) is 58.4 Å². The molecule has 27 heavy (non-hydrogen) atoms. The smallest absolute Gasteiger partial charge is 0.256 e. The average Bonchev–Trinajstić information content (AvgIpc) is 3.52. The van der Waals surface area contributed by atoms with Crippen LogP contribution in [0, 0.1) is 11.8 Å². The van der Waals surface area contributed by atoms with Gasteiger partial charge in [0.2, 0.25) is 11.8 Å². The predicted octanol–water partition coefficient (Wildman–Crippen LogP) is 1.43. The van der Waals surface area contributed by atoms with E-state index in [4.69, 9.17) is 4.98 Å². The van der Waals surface area contributed by atoms with Gasteiger partial charge in [-0.3, -0.25) is 14.4 Å². The van der Waals surface area contributed by atoms with Crippen LogP contribution in [-0.2, 0) is 22.6 Å². The number of carbonyl (C=O) groups is 2. The molecule has 1 aromatic rings. The molecule has 2 fully saturated rings. The van der Waals surface area contributed by atoms with E-state index in [0.717, 1.165) is 37.9 Å². The SMILES string of the molecule is CC(C)C(=O)N1CCCC(c2nc3c(c(=O)[nH]2)CN(C(=O)C2CC2)CC3)C1. The molecular weight excluding hydrogens is 344 g/mol. The number of likely N-dealkylation sites (tertiary alicyclic amines) is 1. The molecule has 1 aliphatic carbocycles. The van der Waals surface area contributed by atoms with Crippen LogP contribution in [0.4, 0.5) is 0 Å². The minimum atomic E-state index is -0.129. The van der Waals surface area contributed by atoms with Gasteiger partial charge in [0.25, 0.3) is 5.56 Å². The van der Waals surface area contributed by atoms with Crippen molar-refractivity contribution < 1.29 is 9.59 Å². The van der Waals surface area contributed by atoms with E-state index in [1.165, 1.54) is 0 Å². The highest BCUT2D eigenvalue weighted by atomic mass is 16.2. The molecule has 4 rings (SSSR count). The van der Waals surface area contributed by atoms with E-state index in [-0.39, 0.29) is 35.1 Å². The molecule has 1 aromatic heterocycles. The summed E-state index contributed by atoms with van der Waals surface area (Å²) in [5.41, 5.74) is 1.32. The van der Waals surface area contributed by atoms with Crippen LogP contribution in [0.15, 0.2) is 4.79 Å². The van der Waals surface area contributed by atoms with Gasteiger partial charge in [0.05, 0.1) is 17.8 Å². The van der Waals surface area contributed by atoms with Crippen molar-refractivity contribution in [2.75, 3.05) is 19.6 Å². The van der Waals surface area contributed by atoms with Gasteiger partial charge in [-0.2, -0.15) is 0 Å². The number of hydrogen-bond acceptors (Lipinski definition) is 4. The van der Waals surface area contributed by atoms with Gasteiger partial charge in [0.15, 0.2) is 0 Å². The van der Waals surface area contributed by atoms with Crippen molar-refractivity contribution in [2.24, 2.45) is 11.8 Å². The summed E-state index contributed by atoms with van der Waals surface area (Å²) < 4.78 is 0. The first-order valence-corrected chi connectivity index (χ1v) is 10.1. The molecular formula is C20H28N4O3. The van der Waals surface area contributed by atoms with Gasteiger partial charge in [-0.1, -0.05) is 13.8 Å². The lowest BCUT2D eigenvalue weighted by molar-refractivity contribution is -0.135. The van der Waals surface area contributed by atoms with Crippen LogP contribution in [0.3, 0.4) is 0 Å². The molecule has 0 aromatic carbocycles. The van der Waals surface area contributed by atoms with Gasteiger partial charge in [0, 0.05) is 43.8 Å². The molecule has 0 radical (unpaired) electrons. The number of nitrogens with one attached hydrogen (secondary N) is 1. The third-order valence-corrected chi connectivity index (χ3v) is 5.94. The quantitative estimate of drug-likeness (QED) is 0.870. The highest BCUT2D eigenvalue weighted by molar-refractivity contribution is 5.81. The third kappa shape index (κ3) is 3.64. The second-order valence-corrected chi connectivity index (χ2v) is 8.44. The molecule has 0 spiro atoms. The summed E-state index contributed by atoms with van der Waals surface area (Å²) >= 11 is 0. The lowest BCUT2D eigenvalue weighted by Gasteiger charge is -2.34. The normalized spacial score (nSPS) is 22.7. The number of rotatable bonds is 3. The van der Waals surface area contributed by atoms with E-state index in [9.17, 15) is 14.4 Å².